The summed E-state index contributed by atoms with van der Waals surface area (Å²) in [7, 11) is 0. The molecule has 2 aromatic heterocycles. The number of rotatable bonds is 9. The van der Waals surface area contributed by atoms with Crippen molar-refractivity contribution in [2.24, 2.45) is 0 Å². The first kappa shape index (κ1) is 40.1. The zero-order valence-electron chi connectivity index (χ0n) is 37.7. The topological polar surface area (TPSA) is 21.3 Å². The van der Waals surface area contributed by atoms with Gasteiger partial charge in [0.05, 0.1) is 11.0 Å². The third-order valence-corrected chi connectivity index (χ3v) is 13.7. The lowest BCUT2D eigenvalue weighted by Crippen LogP contribution is -2.10. The highest BCUT2D eigenvalue weighted by Gasteiger charge is 2.20. The molecular formula is C66H44N2O. The van der Waals surface area contributed by atoms with Gasteiger partial charge >= 0.3 is 0 Å². The van der Waals surface area contributed by atoms with Gasteiger partial charge in [-0.25, -0.2) is 0 Å². The molecule has 69 heavy (non-hydrogen) atoms. The Balaban J connectivity index is 0.941. The van der Waals surface area contributed by atoms with Crippen LogP contribution in [-0.4, -0.2) is 4.57 Å². The fourth-order valence-electron chi connectivity index (χ4n) is 10.5. The summed E-state index contributed by atoms with van der Waals surface area (Å²) in [6.45, 7) is 0. The van der Waals surface area contributed by atoms with Crippen LogP contribution in [0.2, 0.25) is 0 Å². The van der Waals surface area contributed by atoms with Crippen LogP contribution >= 0.6 is 0 Å². The Labute approximate surface area is 401 Å². The number of hydrogen-bond donors (Lipinski definition) is 0. The molecule has 0 aliphatic carbocycles. The van der Waals surface area contributed by atoms with E-state index in [1.165, 1.54) is 60.8 Å². The number of fused-ring (bicyclic) bond motifs is 6. The lowest BCUT2D eigenvalue weighted by atomic mass is 9.84. The van der Waals surface area contributed by atoms with E-state index in [0.29, 0.717) is 0 Å². The molecule has 0 atom stereocenters. The molecule has 0 aliphatic heterocycles. The molecule has 0 N–H and O–H groups in total. The predicted octanol–water partition coefficient (Wildman–Crippen LogP) is 18.5. The SMILES string of the molecule is c1ccc(-c2ccccc2-c2c(-c3ccccc3)cccc2-c2ccc(N(c3ccc(-c4cccc5c4oc4ccccc45)cc3)c3ccc(-n4c5ccccc5c5ccccc54)cc3)cc2)cc1. The molecule has 11 aromatic carbocycles. The predicted molar refractivity (Wildman–Crippen MR) is 290 cm³/mol. The number of anilines is 3. The van der Waals surface area contributed by atoms with Crippen molar-refractivity contribution in [3.05, 3.63) is 267 Å². The molecule has 13 rings (SSSR count). The number of aromatic nitrogens is 1. The van der Waals surface area contributed by atoms with Crippen LogP contribution in [-0.2, 0) is 0 Å². The number of benzene rings is 11. The van der Waals surface area contributed by atoms with E-state index in [4.69, 9.17) is 4.42 Å². The van der Waals surface area contributed by atoms with E-state index < -0.39 is 0 Å². The van der Waals surface area contributed by atoms with Crippen LogP contribution in [0.5, 0.6) is 0 Å². The molecule has 0 saturated heterocycles. The van der Waals surface area contributed by atoms with E-state index >= 15 is 0 Å². The van der Waals surface area contributed by atoms with Gasteiger partial charge in [-0.1, -0.05) is 200 Å². The maximum Gasteiger partial charge on any atom is 0.143 e. The summed E-state index contributed by atoms with van der Waals surface area (Å²) < 4.78 is 8.86. The highest BCUT2D eigenvalue weighted by atomic mass is 16.3. The highest BCUT2D eigenvalue weighted by Crippen LogP contribution is 2.46. The first-order valence-electron chi connectivity index (χ1n) is 23.6. The zero-order chi connectivity index (χ0) is 45.7. The van der Waals surface area contributed by atoms with Crippen LogP contribution in [0.4, 0.5) is 17.1 Å². The smallest absolute Gasteiger partial charge is 0.143 e. The first-order chi connectivity index (χ1) is 34.2. The molecule has 13 aromatic rings. The second kappa shape index (κ2) is 16.9. The van der Waals surface area contributed by atoms with E-state index in [2.05, 4.69) is 264 Å². The number of hydrogen-bond acceptors (Lipinski definition) is 2. The fraction of sp³-hybridized carbons (Fsp3) is 0. The van der Waals surface area contributed by atoms with Gasteiger partial charge in [-0.3, -0.25) is 0 Å². The highest BCUT2D eigenvalue weighted by molar-refractivity contribution is 6.10. The summed E-state index contributed by atoms with van der Waals surface area (Å²) in [4.78, 5) is 2.36. The first-order valence-corrected chi connectivity index (χ1v) is 23.6. The van der Waals surface area contributed by atoms with Crippen molar-refractivity contribution in [1.82, 2.24) is 4.57 Å². The van der Waals surface area contributed by atoms with Crippen molar-refractivity contribution in [3.63, 3.8) is 0 Å². The minimum absolute atomic E-state index is 0.898. The number of para-hydroxylation sites is 4. The summed E-state index contributed by atoms with van der Waals surface area (Å²) >= 11 is 0. The van der Waals surface area contributed by atoms with Gasteiger partial charge in [0.2, 0.25) is 0 Å². The summed E-state index contributed by atoms with van der Waals surface area (Å²) in [5.41, 5.74) is 20.1. The second-order valence-electron chi connectivity index (χ2n) is 17.6. The Morgan fingerprint density at radius 2 is 0.681 bits per heavy atom. The van der Waals surface area contributed by atoms with E-state index in [1.54, 1.807) is 0 Å². The van der Waals surface area contributed by atoms with Crippen molar-refractivity contribution < 1.29 is 4.42 Å². The van der Waals surface area contributed by atoms with Crippen molar-refractivity contribution in [2.75, 3.05) is 4.90 Å². The Kier molecular flexibility index (Phi) is 9.84. The van der Waals surface area contributed by atoms with Crippen LogP contribution in [0.15, 0.2) is 271 Å². The van der Waals surface area contributed by atoms with E-state index in [9.17, 15) is 0 Å². The van der Waals surface area contributed by atoms with Gasteiger partial charge in [-0.15, -0.1) is 0 Å². The van der Waals surface area contributed by atoms with Crippen LogP contribution in [0.1, 0.15) is 0 Å². The summed E-state index contributed by atoms with van der Waals surface area (Å²) in [5, 5.41) is 4.75. The maximum atomic E-state index is 6.48. The summed E-state index contributed by atoms with van der Waals surface area (Å²) in [6, 6.07) is 96.1. The maximum absolute atomic E-state index is 6.48. The normalized spacial score (nSPS) is 11.5. The molecule has 3 nitrogen and oxygen atoms in total. The molecule has 0 fully saturated rings. The Morgan fingerprint density at radius 3 is 1.29 bits per heavy atom. The third kappa shape index (κ3) is 6.99. The minimum Gasteiger partial charge on any atom is -0.455 e. The van der Waals surface area contributed by atoms with Crippen molar-refractivity contribution >= 4 is 60.8 Å². The van der Waals surface area contributed by atoms with Crippen LogP contribution in [0.3, 0.4) is 0 Å². The largest absolute Gasteiger partial charge is 0.455 e. The number of furan rings is 1. The Hall–Kier alpha value is -9.18. The molecule has 0 radical (unpaired) electrons. The van der Waals surface area contributed by atoms with E-state index in [-0.39, 0.29) is 0 Å². The van der Waals surface area contributed by atoms with Gasteiger partial charge in [0.1, 0.15) is 11.2 Å². The lowest BCUT2D eigenvalue weighted by Gasteiger charge is -2.26. The van der Waals surface area contributed by atoms with Gasteiger partial charge < -0.3 is 13.9 Å². The molecule has 0 spiro atoms. The minimum atomic E-state index is 0.898. The van der Waals surface area contributed by atoms with E-state index in [0.717, 1.165) is 61.4 Å². The standard InChI is InChI=1S/C66H44N2O/c1-3-17-45(18-4-1)53-21-7-8-25-60(53)65-54(46-19-5-2-6-20-46)26-15-27-55(65)47-33-37-49(38-34-47)67(50-39-35-48(36-40-50)56-28-16-29-61-59-24-11-14-32-64(59)69-66(56)61)51-41-43-52(44-42-51)68-62-30-12-9-22-57(62)58-23-10-13-31-63(58)68/h1-44H. The number of nitrogens with zero attached hydrogens (tertiary/aromatic N) is 2. The zero-order valence-corrected chi connectivity index (χ0v) is 37.7. The van der Waals surface area contributed by atoms with Crippen LogP contribution in [0, 0.1) is 0 Å². The Bertz CT molecular complexity index is 3930. The van der Waals surface area contributed by atoms with Gasteiger partial charge in [-0.05, 0) is 117 Å². The van der Waals surface area contributed by atoms with Crippen LogP contribution in [0.25, 0.3) is 105 Å². The second-order valence-corrected chi connectivity index (χ2v) is 17.6. The average molecular weight is 881 g/mol. The molecule has 0 amide bonds. The summed E-state index contributed by atoms with van der Waals surface area (Å²) in [5.74, 6) is 0. The van der Waals surface area contributed by atoms with Crippen LogP contribution < -0.4 is 4.90 Å². The lowest BCUT2D eigenvalue weighted by molar-refractivity contribution is 0.670. The molecule has 0 unspecified atom stereocenters. The average Bonchev–Trinajstić information content (AvgIpc) is 3.98. The van der Waals surface area contributed by atoms with Crippen molar-refractivity contribution in [1.29, 1.82) is 0 Å². The monoisotopic (exact) mass is 880 g/mol. The third-order valence-electron chi connectivity index (χ3n) is 13.7. The molecule has 0 saturated carbocycles. The van der Waals surface area contributed by atoms with Gasteiger partial charge in [-0.2, -0.15) is 0 Å². The molecular weight excluding hydrogens is 837 g/mol. The van der Waals surface area contributed by atoms with Crippen molar-refractivity contribution in [2.45, 2.75) is 0 Å². The Morgan fingerprint density at radius 1 is 0.275 bits per heavy atom. The fourth-order valence-corrected chi connectivity index (χ4v) is 10.5. The molecule has 2 heterocycles. The van der Waals surface area contributed by atoms with E-state index in [1.807, 2.05) is 12.1 Å². The molecule has 324 valence electrons. The van der Waals surface area contributed by atoms with Gasteiger partial charge in [0.25, 0.3) is 0 Å². The van der Waals surface area contributed by atoms with Gasteiger partial charge in [0.15, 0.2) is 0 Å². The molecule has 0 bridgehead atoms. The molecule has 3 heteroatoms. The molecule has 0 aliphatic rings. The van der Waals surface area contributed by atoms with Gasteiger partial charge in [0, 0.05) is 49.9 Å². The quantitative estimate of drug-likeness (QED) is 0.144. The van der Waals surface area contributed by atoms with Crippen molar-refractivity contribution in [3.8, 4) is 61.3 Å². The summed E-state index contributed by atoms with van der Waals surface area (Å²) in [6.07, 6.45) is 0.